The number of hydrogen-bond acceptors (Lipinski definition) is 5. The second-order valence-corrected chi connectivity index (χ2v) is 16.6. The van der Waals surface area contributed by atoms with Crippen molar-refractivity contribution in [1.82, 2.24) is 9.80 Å². The zero-order chi connectivity index (χ0) is 33.0. The first kappa shape index (κ1) is 42.0. The third-order valence-electron chi connectivity index (χ3n) is 7.47. The van der Waals surface area contributed by atoms with Crippen molar-refractivity contribution in [1.29, 1.82) is 0 Å². The first-order chi connectivity index (χ1) is 18.7. The zero-order valence-corrected chi connectivity index (χ0v) is 33.4. The molecule has 0 unspecified atom stereocenters. The standard InChI is InChI=1S/C34H56N2O2.C3H8O.Y/c1-31(2,3)25-17-23(29(37)27(19-25)33(7,8)9)21-35(13)15-16-36(14)22-24-18-26(32(4,5)6)20-28(30(24)38)34(10,11)12;1-3(2)4;/h17-20,37-38H,15-16,21-22H2,1-14H3;3-4H,1-2H3;. The van der Waals surface area contributed by atoms with Gasteiger partial charge in [-0.2, -0.15) is 0 Å². The predicted molar refractivity (Wildman–Crippen MR) is 181 cm³/mol. The van der Waals surface area contributed by atoms with Gasteiger partial charge in [-0.1, -0.05) is 107 Å². The molecule has 0 aliphatic heterocycles. The van der Waals surface area contributed by atoms with Crippen LogP contribution in [-0.4, -0.2) is 58.4 Å². The van der Waals surface area contributed by atoms with Gasteiger partial charge in [-0.15, -0.1) is 0 Å². The molecular formula is C37H64N2O3Y. The Hall–Kier alpha value is -0.976. The first-order valence-electron chi connectivity index (χ1n) is 15.5. The van der Waals surface area contributed by atoms with Gasteiger partial charge in [0.25, 0.3) is 0 Å². The molecule has 2 aromatic carbocycles. The zero-order valence-electron chi connectivity index (χ0n) is 30.5. The summed E-state index contributed by atoms with van der Waals surface area (Å²) in [6.45, 7) is 32.8. The van der Waals surface area contributed by atoms with E-state index >= 15 is 0 Å². The van der Waals surface area contributed by atoms with Gasteiger partial charge in [-0.05, 0) is 71.9 Å². The van der Waals surface area contributed by atoms with Gasteiger partial charge in [-0.3, -0.25) is 0 Å². The second-order valence-electron chi connectivity index (χ2n) is 16.6. The Bertz CT molecular complexity index is 1070. The number of nitrogens with zero attached hydrogens (tertiary/aromatic N) is 2. The largest absolute Gasteiger partial charge is 0.507 e. The van der Waals surface area contributed by atoms with Crippen LogP contribution in [0.3, 0.4) is 0 Å². The molecule has 0 saturated carbocycles. The molecule has 2 aromatic rings. The van der Waals surface area contributed by atoms with E-state index in [4.69, 9.17) is 5.11 Å². The van der Waals surface area contributed by atoms with Crippen LogP contribution in [-0.2, 0) is 67.5 Å². The summed E-state index contributed by atoms with van der Waals surface area (Å²) in [6.07, 6.45) is -0.167. The van der Waals surface area contributed by atoms with Crippen molar-refractivity contribution in [3.8, 4) is 11.5 Å². The van der Waals surface area contributed by atoms with Crippen molar-refractivity contribution in [2.45, 2.75) is 138 Å². The molecule has 0 amide bonds. The summed E-state index contributed by atoms with van der Waals surface area (Å²) in [5.41, 5.74) is 6.25. The molecular weight excluding hydrogens is 609 g/mol. The minimum atomic E-state index is -0.167. The Kier molecular flexibility index (Phi) is 15.7. The van der Waals surface area contributed by atoms with Crippen molar-refractivity contribution in [3.63, 3.8) is 0 Å². The minimum absolute atomic E-state index is 0. The monoisotopic (exact) mass is 673 g/mol. The number of aliphatic hydroxyl groups is 1. The van der Waals surface area contributed by atoms with E-state index in [2.05, 4.69) is 131 Å². The number of benzene rings is 2. The fourth-order valence-corrected chi connectivity index (χ4v) is 4.72. The van der Waals surface area contributed by atoms with Crippen molar-refractivity contribution in [2.75, 3.05) is 27.2 Å². The minimum Gasteiger partial charge on any atom is -0.507 e. The average molecular weight is 674 g/mol. The summed E-state index contributed by atoms with van der Waals surface area (Å²) in [6, 6.07) is 8.71. The van der Waals surface area contributed by atoms with Crippen molar-refractivity contribution in [3.05, 3.63) is 57.6 Å². The molecule has 1 radical (unpaired) electrons. The van der Waals surface area contributed by atoms with Crippen molar-refractivity contribution < 1.29 is 48.0 Å². The van der Waals surface area contributed by atoms with E-state index in [0.717, 1.165) is 35.3 Å². The van der Waals surface area contributed by atoms with Gasteiger partial charge in [0.05, 0.1) is 0 Å². The Morgan fingerprint density at radius 2 is 0.814 bits per heavy atom. The number of likely N-dealkylation sites (N-methyl/N-ethyl adjacent to an activating group) is 2. The number of phenolic OH excluding ortho intramolecular Hbond substituents is 2. The fourth-order valence-electron chi connectivity index (χ4n) is 4.72. The van der Waals surface area contributed by atoms with Crippen LogP contribution in [0.15, 0.2) is 24.3 Å². The fraction of sp³-hybridized carbons (Fsp3) is 0.676. The molecule has 3 N–H and O–H groups in total. The summed E-state index contributed by atoms with van der Waals surface area (Å²) in [5.74, 6) is 0.841. The molecule has 0 heterocycles. The molecule has 243 valence electrons. The molecule has 6 heteroatoms. The van der Waals surface area contributed by atoms with Crippen molar-refractivity contribution >= 4 is 0 Å². The summed E-state index contributed by atoms with van der Waals surface area (Å²) < 4.78 is 0. The topological polar surface area (TPSA) is 67.2 Å². The maximum absolute atomic E-state index is 11.2. The third-order valence-corrected chi connectivity index (χ3v) is 7.47. The van der Waals surface area contributed by atoms with Gasteiger partial charge in [-0.25, -0.2) is 0 Å². The van der Waals surface area contributed by atoms with Crippen LogP contribution in [0.5, 0.6) is 11.5 Å². The Morgan fingerprint density at radius 3 is 1.02 bits per heavy atom. The van der Waals surface area contributed by atoms with Crippen LogP contribution in [0, 0.1) is 0 Å². The number of aliphatic hydroxyl groups excluding tert-OH is 1. The van der Waals surface area contributed by atoms with Gasteiger partial charge < -0.3 is 25.1 Å². The maximum Gasteiger partial charge on any atom is 0.123 e. The van der Waals surface area contributed by atoms with Gasteiger partial charge in [0.2, 0.25) is 0 Å². The number of phenols is 2. The van der Waals surface area contributed by atoms with E-state index in [1.807, 2.05) is 0 Å². The number of aromatic hydroxyl groups is 2. The SMILES string of the molecule is CC(C)O.CN(CCN(C)Cc1cc(C(C)(C)C)cc(C(C)(C)C)c1O)Cc1cc(C(C)(C)C)cc(C(C)(C)C)c1O.[Y]. The average Bonchev–Trinajstić information content (AvgIpc) is 2.77. The quantitative estimate of drug-likeness (QED) is 0.276. The molecule has 0 saturated heterocycles. The predicted octanol–water partition coefficient (Wildman–Crippen LogP) is 8.24. The Balaban J connectivity index is 0.00000331. The number of rotatable bonds is 7. The van der Waals surface area contributed by atoms with Crippen LogP contribution in [0.4, 0.5) is 0 Å². The first-order valence-corrected chi connectivity index (χ1v) is 15.5. The van der Waals surface area contributed by atoms with Gasteiger partial charge in [0.1, 0.15) is 11.5 Å². The second kappa shape index (κ2) is 16.0. The molecule has 43 heavy (non-hydrogen) atoms. The van der Waals surface area contributed by atoms with Gasteiger partial charge in [0.15, 0.2) is 0 Å². The van der Waals surface area contributed by atoms with Crippen LogP contribution < -0.4 is 0 Å². The molecule has 0 aliphatic carbocycles. The summed E-state index contributed by atoms with van der Waals surface area (Å²) >= 11 is 0. The smallest absolute Gasteiger partial charge is 0.123 e. The normalized spacial score (nSPS) is 12.8. The maximum atomic E-state index is 11.2. The molecule has 0 aromatic heterocycles. The van der Waals surface area contributed by atoms with Crippen molar-refractivity contribution in [2.24, 2.45) is 0 Å². The number of hydrogen-bond donors (Lipinski definition) is 3. The molecule has 0 spiro atoms. The summed E-state index contributed by atoms with van der Waals surface area (Å²) in [7, 11) is 4.23. The van der Waals surface area contributed by atoms with E-state index < -0.39 is 0 Å². The van der Waals surface area contributed by atoms with Gasteiger partial charge >= 0.3 is 0 Å². The van der Waals surface area contributed by atoms with Crippen LogP contribution in [0.1, 0.15) is 130 Å². The van der Waals surface area contributed by atoms with Crippen LogP contribution in [0.25, 0.3) is 0 Å². The molecule has 0 fully saturated rings. The molecule has 0 bridgehead atoms. The van der Waals surface area contributed by atoms with Crippen LogP contribution >= 0.6 is 0 Å². The Morgan fingerprint density at radius 1 is 0.558 bits per heavy atom. The van der Waals surface area contributed by atoms with Crippen LogP contribution in [0.2, 0.25) is 0 Å². The summed E-state index contributed by atoms with van der Waals surface area (Å²) in [5, 5.41) is 30.4. The van der Waals surface area contributed by atoms with Gasteiger partial charge in [0, 0.05) is 76.1 Å². The van der Waals surface area contributed by atoms with E-state index in [1.165, 1.54) is 11.1 Å². The summed E-state index contributed by atoms with van der Waals surface area (Å²) in [4.78, 5) is 4.55. The van der Waals surface area contributed by atoms with E-state index in [9.17, 15) is 10.2 Å². The van der Waals surface area contributed by atoms with E-state index in [-0.39, 0.29) is 60.5 Å². The molecule has 5 nitrogen and oxygen atoms in total. The molecule has 2 rings (SSSR count). The molecule has 0 atom stereocenters. The molecule has 0 aliphatic rings. The van der Waals surface area contributed by atoms with E-state index in [0.29, 0.717) is 24.6 Å². The Labute approximate surface area is 290 Å². The third kappa shape index (κ3) is 13.5. The van der Waals surface area contributed by atoms with E-state index in [1.54, 1.807) is 13.8 Å².